The smallest absolute Gasteiger partial charge is 0.0540 e. The number of benzene rings is 9. The largest absolute Gasteiger partial charge is 0.309 e. The van der Waals surface area contributed by atoms with Crippen LogP contribution in [-0.4, -0.2) is 0 Å². The molecule has 0 aliphatic rings. The summed E-state index contributed by atoms with van der Waals surface area (Å²) in [7, 11) is 0. The second-order valence-corrected chi connectivity index (χ2v) is 16.2. The van der Waals surface area contributed by atoms with Gasteiger partial charge < -0.3 is 4.90 Å². The fourth-order valence-electron chi connectivity index (χ4n) is 8.40. The van der Waals surface area contributed by atoms with Crippen molar-refractivity contribution in [3.05, 3.63) is 200 Å². The molecule has 0 saturated heterocycles. The van der Waals surface area contributed by atoms with Gasteiger partial charge in [0.2, 0.25) is 0 Å². The maximum absolute atomic E-state index is 2.48. The van der Waals surface area contributed by atoms with E-state index in [1.165, 1.54) is 84.5 Å². The molecule has 0 N–H and O–H groups in total. The van der Waals surface area contributed by atoms with Crippen molar-refractivity contribution < 1.29 is 0 Å². The van der Waals surface area contributed by atoms with Crippen LogP contribution in [0.4, 0.5) is 17.1 Å². The quantitative estimate of drug-likeness (QED) is 0.164. The molecule has 2 heterocycles. The fraction of sp³-hybridized carbons (Fsp3) is 0. The topological polar surface area (TPSA) is 3.24 Å². The zero-order valence-corrected chi connectivity index (χ0v) is 31.4. The van der Waals surface area contributed by atoms with Crippen LogP contribution >= 0.6 is 22.7 Å². The number of rotatable bonds is 6. The zero-order valence-electron chi connectivity index (χ0n) is 29.8. The molecule has 11 aromatic rings. The van der Waals surface area contributed by atoms with Crippen LogP contribution in [0.15, 0.2) is 200 Å². The van der Waals surface area contributed by atoms with Gasteiger partial charge in [-0.25, -0.2) is 0 Å². The standard InChI is InChI=1S/C52H33NS2/c1-2-18-38-34(14-1)15-12-24-41(38)42-20-4-8-26-47(42)53(37-17-11-16-35(32-37)40-23-13-29-50-52(40)45-22-6-10-28-49(45)54-50)46-25-7-3-19-39(46)36-30-31-44-43-21-5-9-27-48(43)55-51(44)33-36/h1-33H. The Morgan fingerprint density at radius 2 is 0.855 bits per heavy atom. The monoisotopic (exact) mass is 735 g/mol. The molecular weight excluding hydrogens is 703 g/mol. The van der Waals surface area contributed by atoms with Gasteiger partial charge in [-0.1, -0.05) is 152 Å². The molecule has 1 nitrogen and oxygen atoms in total. The van der Waals surface area contributed by atoms with E-state index in [1.807, 2.05) is 22.7 Å². The predicted octanol–water partition coefficient (Wildman–Crippen LogP) is 16.0. The van der Waals surface area contributed by atoms with Crippen molar-refractivity contribution in [2.24, 2.45) is 0 Å². The first-order valence-corrected chi connectivity index (χ1v) is 20.3. The van der Waals surface area contributed by atoms with Gasteiger partial charge in [-0.2, -0.15) is 0 Å². The molecule has 0 radical (unpaired) electrons. The summed E-state index contributed by atoms with van der Waals surface area (Å²) in [4.78, 5) is 2.48. The van der Waals surface area contributed by atoms with Crippen LogP contribution in [0.2, 0.25) is 0 Å². The Balaban J connectivity index is 1.16. The van der Waals surface area contributed by atoms with E-state index in [0.29, 0.717) is 0 Å². The minimum atomic E-state index is 1.11. The third kappa shape index (κ3) is 5.35. The molecule has 0 aliphatic heterocycles. The van der Waals surface area contributed by atoms with Crippen molar-refractivity contribution in [3.8, 4) is 33.4 Å². The Labute approximate surface area is 327 Å². The Morgan fingerprint density at radius 3 is 1.73 bits per heavy atom. The third-order valence-corrected chi connectivity index (χ3v) is 13.1. The van der Waals surface area contributed by atoms with Gasteiger partial charge in [-0.15, -0.1) is 22.7 Å². The zero-order chi connectivity index (χ0) is 36.3. The molecule has 0 bridgehead atoms. The van der Waals surface area contributed by atoms with Crippen LogP contribution in [-0.2, 0) is 0 Å². The lowest BCUT2D eigenvalue weighted by molar-refractivity contribution is 1.28. The number of fused-ring (bicyclic) bond motifs is 7. The lowest BCUT2D eigenvalue weighted by Crippen LogP contribution is -2.12. The number of thiophene rings is 2. The Hall–Kier alpha value is -6.52. The van der Waals surface area contributed by atoms with Gasteiger partial charge in [-0.3, -0.25) is 0 Å². The van der Waals surface area contributed by atoms with E-state index in [4.69, 9.17) is 0 Å². The summed E-state index contributed by atoms with van der Waals surface area (Å²) in [6, 6.07) is 73.5. The SMILES string of the molecule is c1cc(-c2cccc3sc4ccccc4c23)cc(N(c2ccccc2-c2ccc3c(c2)sc2ccccc23)c2ccccc2-c2cccc3ccccc23)c1. The highest BCUT2D eigenvalue weighted by Crippen LogP contribution is 2.48. The van der Waals surface area contributed by atoms with Gasteiger partial charge in [0, 0.05) is 57.2 Å². The van der Waals surface area contributed by atoms with Crippen molar-refractivity contribution in [1.29, 1.82) is 0 Å². The van der Waals surface area contributed by atoms with Crippen LogP contribution in [0.3, 0.4) is 0 Å². The molecule has 9 aromatic carbocycles. The Morgan fingerprint density at radius 1 is 0.309 bits per heavy atom. The summed E-state index contributed by atoms with van der Waals surface area (Å²) in [5, 5.41) is 7.73. The second kappa shape index (κ2) is 13.1. The molecular formula is C52H33NS2. The second-order valence-electron chi connectivity index (χ2n) is 14.0. The van der Waals surface area contributed by atoms with Crippen molar-refractivity contribution >= 4 is 90.9 Å². The molecule has 0 unspecified atom stereocenters. The molecule has 0 aliphatic carbocycles. The van der Waals surface area contributed by atoms with Gasteiger partial charge in [0.05, 0.1) is 11.4 Å². The van der Waals surface area contributed by atoms with E-state index in [1.54, 1.807) is 0 Å². The van der Waals surface area contributed by atoms with Gasteiger partial charge in [0.15, 0.2) is 0 Å². The van der Waals surface area contributed by atoms with Crippen LogP contribution in [0.25, 0.3) is 84.5 Å². The van der Waals surface area contributed by atoms with E-state index >= 15 is 0 Å². The maximum Gasteiger partial charge on any atom is 0.0540 e. The van der Waals surface area contributed by atoms with Crippen LogP contribution in [0.5, 0.6) is 0 Å². The Kier molecular flexibility index (Phi) is 7.61. The molecule has 0 saturated carbocycles. The summed E-state index contributed by atoms with van der Waals surface area (Å²) in [5.74, 6) is 0. The minimum Gasteiger partial charge on any atom is -0.309 e. The average molecular weight is 736 g/mol. The highest BCUT2D eigenvalue weighted by molar-refractivity contribution is 7.26. The number of anilines is 3. The summed E-state index contributed by atoms with van der Waals surface area (Å²) in [6.07, 6.45) is 0. The number of para-hydroxylation sites is 2. The first kappa shape index (κ1) is 32.0. The molecule has 11 rings (SSSR count). The van der Waals surface area contributed by atoms with Crippen molar-refractivity contribution in [3.63, 3.8) is 0 Å². The summed E-state index contributed by atoms with van der Waals surface area (Å²) in [6.45, 7) is 0. The highest BCUT2D eigenvalue weighted by Gasteiger charge is 2.22. The Bertz CT molecular complexity index is 3230. The van der Waals surface area contributed by atoms with E-state index in [2.05, 4.69) is 205 Å². The summed E-state index contributed by atoms with van der Waals surface area (Å²) >= 11 is 3.73. The molecule has 0 amide bonds. The lowest BCUT2D eigenvalue weighted by Gasteiger charge is -2.30. The van der Waals surface area contributed by atoms with Gasteiger partial charge in [0.25, 0.3) is 0 Å². The number of hydrogen-bond donors (Lipinski definition) is 0. The summed E-state index contributed by atoms with van der Waals surface area (Å²) in [5.41, 5.74) is 10.6. The van der Waals surface area contributed by atoms with Crippen LogP contribution in [0, 0.1) is 0 Å². The van der Waals surface area contributed by atoms with E-state index < -0.39 is 0 Å². The highest BCUT2D eigenvalue weighted by atomic mass is 32.1. The molecule has 0 fully saturated rings. The van der Waals surface area contributed by atoms with E-state index in [-0.39, 0.29) is 0 Å². The number of nitrogens with zero attached hydrogens (tertiary/aromatic N) is 1. The van der Waals surface area contributed by atoms with E-state index in [9.17, 15) is 0 Å². The summed E-state index contributed by atoms with van der Waals surface area (Å²) < 4.78 is 5.24. The van der Waals surface area contributed by atoms with Crippen molar-refractivity contribution in [2.45, 2.75) is 0 Å². The van der Waals surface area contributed by atoms with Crippen molar-refractivity contribution in [1.82, 2.24) is 0 Å². The molecule has 258 valence electrons. The maximum atomic E-state index is 2.48. The molecule has 0 atom stereocenters. The average Bonchev–Trinajstić information content (AvgIpc) is 3.82. The van der Waals surface area contributed by atoms with E-state index in [0.717, 1.165) is 17.1 Å². The van der Waals surface area contributed by atoms with Gasteiger partial charge in [0.1, 0.15) is 0 Å². The third-order valence-electron chi connectivity index (χ3n) is 10.9. The fourth-order valence-corrected chi connectivity index (χ4v) is 10.7. The minimum absolute atomic E-state index is 1.11. The van der Waals surface area contributed by atoms with Crippen LogP contribution in [0.1, 0.15) is 0 Å². The molecule has 55 heavy (non-hydrogen) atoms. The van der Waals surface area contributed by atoms with Gasteiger partial charge >= 0.3 is 0 Å². The van der Waals surface area contributed by atoms with Crippen molar-refractivity contribution in [2.75, 3.05) is 4.90 Å². The normalized spacial score (nSPS) is 11.6. The molecule has 2 aromatic heterocycles. The molecule has 0 spiro atoms. The van der Waals surface area contributed by atoms with Gasteiger partial charge in [-0.05, 0) is 81.6 Å². The number of hydrogen-bond acceptors (Lipinski definition) is 3. The first-order chi connectivity index (χ1) is 27.3. The van der Waals surface area contributed by atoms with Crippen LogP contribution < -0.4 is 4.90 Å². The predicted molar refractivity (Wildman–Crippen MR) is 241 cm³/mol. The lowest BCUT2D eigenvalue weighted by atomic mass is 9.94. The first-order valence-electron chi connectivity index (χ1n) is 18.7. The molecule has 3 heteroatoms.